The van der Waals surface area contributed by atoms with E-state index in [0.29, 0.717) is 6.42 Å². The number of ether oxygens (including phenoxy) is 2. The molecular weight excluding hydrogens is 386 g/mol. The average molecular weight is 416 g/mol. The van der Waals surface area contributed by atoms with Gasteiger partial charge in [0.1, 0.15) is 11.5 Å². The van der Waals surface area contributed by atoms with Crippen molar-refractivity contribution in [3.8, 4) is 11.5 Å². The second-order valence-corrected chi connectivity index (χ2v) is 7.93. The Morgan fingerprint density at radius 2 is 1.58 bits per heavy atom. The van der Waals surface area contributed by atoms with Crippen LogP contribution in [-0.4, -0.2) is 31.6 Å². The smallest absolute Gasteiger partial charge is 0.224 e. The van der Waals surface area contributed by atoms with Gasteiger partial charge in [-0.3, -0.25) is 4.79 Å². The van der Waals surface area contributed by atoms with Gasteiger partial charge in [-0.25, -0.2) is 0 Å². The van der Waals surface area contributed by atoms with E-state index in [4.69, 9.17) is 9.47 Å². The molecule has 0 N–H and O–H groups in total. The summed E-state index contributed by atoms with van der Waals surface area (Å²) in [7, 11) is 3.31. The van der Waals surface area contributed by atoms with Gasteiger partial charge in [-0.2, -0.15) is 0 Å². The highest BCUT2D eigenvalue weighted by Crippen LogP contribution is 2.40. The summed E-state index contributed by atoms with van der Waals surface area (Å²) in [5.74, 6) is 1.74. The summed E-state index contributed by atoms with van der Waals surface area (Å²) in [4.78, 5) is 15.6. The van der Waals surface area contributed by atoms with Crippen LogP contribution in [0.4, 0.5) is 0 Å². The Morgan fingerprint density at radius 3 is 2.16 bits per heavy atom. The standard InChI is InChI=1S/C27H29NO3/c1-30-22-15-16-23(26(18-22)31-2)25-14-9-17-28(25)27(29)19-24(20-10-5-3-6-11-20)21-12-7-4-8-13-21/h3-8,10-13,15-16,18,24-25H,9,14,17,19H2,1-2H3/t25-/m0/s1. The Bertz CT molecular complexity index is 964. The van der Waals surface area contributed by atoms with E-state index in [-0.39, 0.29) is 17.9 Å². The van der Waals surface area contributed by atoms with Crippen LogP contribution in [-0.2, 0) is 4.79 Å². The van der Waals surface area contributed by atoms with Crippen LogP contribution in [0.5, 0.6) is 11.5 Å². The fourth-order valence-corrected chi connectivity index (χ4v) is 4.57. The lowest BCUT2D eigenvalue weighted by Crippen LogP contribution is -2.32. The molecule has 0 unspecified atom stereocenters. The van der Waals surface area contributed by atoms with Crippen LogP contribution in [0.1, 0.15) is 47.9 Å². The Labute approximate surface area is 184 Å². The third kappa shape index (κ3) is 4.58. The van der Waals surface area contributed by atoms with Gasteiger partial charge in [-0.1, -0.05) is 60.7 Å². The van der Waals surface area contributed by atoms with Crippen molar-refractivity contribution in [3.05, 3.63) is 95.6 Å². The molecule has 0 aliphatic carbocycles. The van der Waals surface area contributed by atoms with E-state index in [1.165, 1.54) is 11.1 Å². The monoisotopic (exact) mass is 415 g/mol. The lowest BCUT2D eigenvalue weighted by Gasteiger charge is -2.28. The molecule has 4 rings (SSSR count). The lowest BCUT2D eigenvalue weighted by molar-refractivity contribution is -0.132. The number of rotatable bonds is 7. The molecule has 1 aliphatic rings. The molecule has 4 nitrogen and oxygen atoms in total. The molecule has 0 radical (unpaired) electrons. The molecule has 3 aromatic carbocycles. The lowest BCUT2D eigenvalue weighted by atomic mass is 9.88. The molecule has 4 heteroatoms. The van der Waals surface area contributed by atoms with E-state index >= 15 is 0 Å². The molecule has 0 saturated carbocycles. The maximum absolute atomic E-state index is 13.6. The van der Waals surface area contributed by atoms with Gasteiger partial charge in [-0.15, -0.1) is 0 Å². The van der Waals surface area contributed by atoms with E-state index in [9.17, 15) is 4.79 Å². The van der Waals surface area contributed by atoms with Gasteiger partial charge in [0.25, 0.3) is 0 Å². The van der Waals surface area contributed by atoms with Gasteiger partial charge in [0, 0.05) is 30.5 Å². The van der Waals surface area contributed by atoms with Crippen LogP contribution < -0.4 is 9.47 Å². The molecule has 1 saturated heterocycles. The van der Waals surface area contributed by atoms with Crippen molar-refractivity contribution in [1.82, 2.24) is 4.90 Å². The third-order valence-electron chi connectivity index (χ3n) is 6.16. The summed E-state index contributed by atoms with van der Waals surface area (Å²) in [6.45, 7) is 0.773. The number of nitrogens with zero attached hydrogens (tertiary/aromatic N) is 1. The fourth-order valence-electron chi connectivity index (χ4n) is 4.57. The SMILES string of the molecule is COc1ccc([C@@H]2CCCN2C(=O)CC(c2ccccc2)c2ccccc2)c(OC)c1. The van der Waals surface area contributed by atoms with Crippen LogP contribution in [0, 0.1) is 0 Å². The quantitative estimate of drug-likeness (QED) is 0.505. The van der Waals surface area contributed by atoms with Crippen LogP contribution >= 0.6 is 0 Å². The Balaban J connectivity index is 1.60. The molecule has 0 spiro atoms. The van der Waals surface area contributed by atoms with E-state index in [0.717, 1.165) is 36.4 Å². The zero-order valence-corrected chi connectivity index (χ0v) is 18.2. The van der Waals surface area contributed by atoms with Gasteiger partial charge in [0.05, 0.1) is 20.3 Å². The maximum Gasteiger partial charge on any atom is 0.224 e. The topological polar surface area (TPSA) is 38.8 Å². The van der Waals surface area contributed by atoms with Crippen molar-refractivity contribution < 1.29 is 14.3 Å². The summed E-state index contributed by atoms with van der Waals surface area (Å²) in [5, 5.41) is 0. The van der Waals surface area contributed by atoms with Crippen molar-refractivity contribution in [3.63, 3.8) is 0 Å². The first kappa shape index (κ1) is 21.0. The molecule has 0 aromatic heterocycles. The zero-order valence-electron chi connectivity index (χ0n) is 18.2. The Morgan fingerprint density at radius 1 is 0.935 bits per heavy atom. The summed E-state index contributed by atoms with van der Waals surface area (Å²) in [6.07, 6.45) is 2.38. The van der Waals surface area contributed by atoms with Crippen molar-refractivity contribution in [2.45, 2.75) is 31.2 Å². The second-order valence-electron chi connectivity index (χ2n) is 7.93. The fraction of sp³-hybridized carbons (Fsp3) is 0.296. The maximum atomic E-state index is 13.6. The largest absolute Gasteiger partial charge is 0.497 e. The number of benzene rings is 3. The normalized spacial score (nSPS) is 15.8. The van der Waals surface area contributed by atoms with E-state index in [2.05, 4.69) is 24.3 Å². The molecule has 1 amide bonds. The Hall–Kier alpha value is -3.27. The van der Waals surface area contributed by atoms with Crippen LogP contribution in [0.2, 0.25) is 0 Å². The molecule has 160 valence electrons. The second kappa shape index (κ2) is 9.69. The van der Waals surface area contributed by atoms with E-state index in [1.54, 1.807) is 14.2 Å². The molecule has 1 fully saturated rings. The number of methoxy groups -OCH3 is 2. The van der Waals surface area contributed by atoms with Crippen molar-refractivity contribution in [2.24, 2.45) is 0 Å². The van der Waals surface area contributed by atoms with E-state index < -0.39 is 0 Å². The minimum absolute atomic E-state index is 0.0283. The third-order valence-corrected chi connectivity index (χ3v) is 6.16. The van der Waals surface area contributed by atoms with Gasteiger partial charge in [0.15, 0.2) is 0 Å². The van der Waals surface area contributed by atoms with E-state index in [1.807, 2.05) is 59.5 Å². The Kier molecular flexibility index (Phi) is 6.56. The van der Waals surface area contributed by atoms with Crippen LogP contribution in [0.3, 0.4) is 0 Å². The first-order chi connectivity index (χ1) is 15.2. The molecular formula is C27H29NO3. The molecule has 0 bridgehead atoms. The minimum Gasteiger partial charge on any atom is -0.497 e. The number of hydrogen-bond acceptors (Lipinski definition) is 3. The number of carbonyl (C=O) groups is 1. The van der Waals surface area contributed by atoms with Gasteiger partial charge in [-0.05, 0) is 36.1 Å². The number of likely N-dealkylation sites (tertiary alicyclic amines) is 1. The van der Waals surface area contributed by atoms with Gasteiger partial charge in [0.2, 0.25) is 5.91 Å². The number of amides is 1. The molecule has 31 heavy (non-hydrogen) atoms. The zero-order chi connectivity index (χ0) is 21.6. The van der Waals surface area contributed by atoms with Crippen LogP contribution in [0.15, 0.2) is 78.9 Å². The van der Waals surface area contributed by atoms with Crippen molar-refractivity contribution in [1.29, 1.82) is 0 Å². The highest BCUT2D eigenvalue weighted by atomic mass is 16.5. The first-order valence-corrected chi connectivity index (χ1v) is 10.8. The minimum atomic E-state index is 0.0283. The summed E-state index contributed by atoms with van der Waals surface area (Å²) >= 11 is 0. The predicted octanol–water partition coefficient (Wildman–Crippen LogP) is 5.59. The van der Waals surface area contributed by atoms with Crippen molar-refractivity contribution >= 4 is 5.91 Å². The molecule has 1 heterocycles. The summed E-state index contributed by atoms with van der Waals surface area (Å²) in [5.41, 5.74) is 3.38. The molecule has 1 aliphatic heterocycles. The molecule has 3 aromatic rings. The predicted molar refractivity (Wildman–Crippen MR) is 123 cm³/mol. The van der Waals surface area contributed by atoms with Gasteiger partial charge >= 0.3 is 0 Å². The number of carbonyl (C=O) groups excluding carboxylic acids is 1. The average Bonchev–Trinajstić information content (AvgIpc) is 3.33. The summed E-state index contributed by atoms with van der Waals surface area (Å²) < 4.78 is 11.0. The first-order valence-electron chi connectivity index (χ1n) is 10.8. The van der Waals surface area contributed by atoms with Crippen LogP contribution in [0.25, 0.3) is 0 Å². The highest BCUT2D eigenvalue weighted by Gasteiger charge is 2.33. The van der Waals surface area contributed by atoms with Gasteiger partial charge < -0.3 is 14.4 Å². The number of hydrogen-bond donors (Lipinski definition) is 0. The molecule has 1 atom stereocenters. The van der Waals surface area contributed by atoms with Crippen molar-refractivity contribution in [2.75, 3.05) is 20.8 Å². The highest BCUT2D eigenvalue weighted by molar-refractivity contribution is 5.79. The summed E-state index contributed by atoms with van der Waals surface area (Å²) in [6, 6.07) is 26.5.